The number of halogens is 1. The molecule has 0 spiro atoms. The Balaban J connectivity index is 2.07. The lowest BCUT2D eigenvalue weighted by Crippen LogP contribution is -1.99. The van der Waals surface area contributed by atoms with Crippen molar-refractivity contribution in [1.29, 1.82) is 0 Å². The molecule has 1 heterocycles. The highest BCUT2D eigenvalue weighted by molar-refractivity contribution is 9.11. The van der Waals surface area contributed by atoms with E-state index in [2.05, 4.69) is 65.4 Å². The van der Waals surface area contributed by atoms with Crippen molar-refractivity contribution in [2.75, 3.05) is 5.32 Å². The molecule has 0 aliphatic carbocycles. The van der Waals surface area contributed by atoms with Gasteiger partial charge < -0.3 is 5.32 Å². The number of rotatable bonds is 3. The van der Waals surface area contributed by atoms with Gasteiger partial charge in [0.15, 0.2) is 0 Å². The summed E-state index contributed by atoms with van der Waals surface area (Å²) in [5, 5.41) is 3.47. The van der Waals surface area contributed by atoms with Gasteiger partial charge in [-0.1, -0.05) is 12.1 Å². The minimum Gasteiger partial charge on any atom is -0.380 e. The molecule has 0 aliphatic rings. The Morgan fingerprint density at radius 1 is 1.19 bits per heavy atom. The van der Waals surface area contributed by atoms with Gasteiger partial charge >= 0.3 is 0 Å². The van der Waals surface area contributed by atoms with E-state index in [0.717, 1.165) is 6.54 Å². The normalized spacial score (nSPS) is 10.4. The molecule has 2 aromatic rings. The summed E-state index contributed by atoms with van der Waals surface area (Å²) in [4.78, 5) is 1.34. The Morgan fingerprint density at radius 2 is 2.00 bits per heavy atom. The Bertz CT molecular complexity index is 490. The molecule has 2 rings (SSSR count). The average molecular weight is 296 g/mol. The fourth-order valence-corrected chi connectivity index (χ4v) is 2.98. The van der Waals surface area contributed by atoms with Crippen molar-refractivity contribution >= 4 is 33.0 Å². The molecule has 16 heavy (non-hydrogen) atoms. The van der Waals surface area contributed by atoms with Crippen molar-refractivity contribution in [3.05, 3.63) is 50.1 Å². The quantitative estimate of drug-likeness (QED) is 0.862. The summed E-state index contributed by atoms with van der Waals surface area (Å²) in [6.07, 6.45) is 0. The van der Waals surface area contributed by atoms with Gasteiger partial charge in [-0.3, -0.25) is 0 Å². The minimum atomic E-state index is 0.889. The molecule has 1 nitrogen and oxygen atoms in total. The predicted octanol–water partition coefficient (Wildman–Crippen LogP) is 4.74. The Kier molecular flexibility index (Phi) is 3.66. The third-order valence-corrected chi connectivity index (χ3v) is 4.10. The molecule has 0 atom stereocenters. The van der Waals surface area contributed by atoms with Gasteiger partial charge in [-0.2, -0.15) is 0 Å². The molecule has 1 aromatic carbocycles. The van der Waals surface area contributed by atoms with Gasteiger partial charge in [-0.25, -0.2) is 0 Å². The molecule has 0 unspecified atom stereocenters. The molecule has 0 fully saturated rings. The van der Waals surface area contributed by atoms with Crippen LogP contribution in [0.25, 0.3) is 0 Å². The van der Waals surface area contributed by atoms with Crippen LogP contribution in [0.3, 0.4) is 0 Å². The van der Waals surface area contributed by atoms with Gasteiger partial charge in [0.2, 0.25) is 0 Å². The molecular weight excluding hydrogens is 282 g/mol. The maximum Gasteiger partial charge on any atom is 0.0702 e. The molecule has 1 N–H and O–H groups in total. The molecule has 1 aromatic heterocycles. The second kappa shape index (κ2) is 5.02. The SMILES string of the molecule is Cc1ccc(C)c(NCc2ccc(Br)s2)c1. The fraction of sp³-hybridized carbons (Fsp3) is 0.231. The summed E-state index contributed by atoms with van der Waals surface area (Å²) in [6.45, 7) is 5.14. The molecule has 0 radical (unpaired) electrons. The van der Waals surface area contributed by atoms with Crippen molar-refractivity contribution in [2.45, 2.75) is 20.4 Å². The van der Waals surface area contributed by atoms with Crippen molar-refractivity contribution in [1.82, 2.24) is 0 Å². The molecule has 0 aliphatic heterocycles. The Morgan fingerprint density at radius 3 is 2.69 bits per heavy atom. The monoisotopic (exact) mass is 295 g/mol. The largest absolute Gasteiger partial charge is 0.380 e. The molecule has 3 heteroatoms. The van der Waals surface area contributed by atoms with Gasteiger partial charge in [-0.15, -0.1) is 11.3 Å². The number of aryl methyl sites for hydroxylation is 2. The molecule has 0 saturated carbocycles. The zero-order valence-corrected chi connectivity index (χ0v) is 11.8. The van der Waals surface area contributed by atoms with E-state index in [0.29, 0.717) is 0 Å². The van der Waals surface area contributed by atoms with Crippen LogP contribution in [0, 0.1) is 13.8 Å². The molecule has 0 saturated heterocycles. The third kappa shape index (κ3) is 2.86. The third-order valence-electron chi connectivity index (χ3n) is 2.47. The first-order valence-corrected chi connectivity index (χ1v) is 6.81. The van der Waals surface area contributed by atoms with Crippen LogP contribution in [0.15, 0.2) is 34.1 Å². The van der Waals surface area contributed by atoms with E-state index >= 15 is 0 Å². The van der Waals surface area contributed by atoms with E-state index in [9.17, 15) is 0 Å². The highest BCUT2D eigenvalue weighted by Crippen LogP contribution is 2.24. The van der Waals surface area contributed by atoms with Crippen molar-refractivity contribution < 1.29 is 0 Å². The highest BCUT2D eigenvalue weighted by Gasteiger charge is 2.00. The average Bonchev–Trinajstić information content (AvgIpc) is 2.66. The van der Waals surface area contributed by atoms with Gasteiger partial charge in [0.05, 0.1) is 3.79 Å². The van der Waals surface area contributed by atoms with Crippen LogP contribution < -0.4 is 5.32 Å². The van der Waals surface area contributed by atoms with Gasteiger partial charge in [-0.05, 0) is 59.1 Å². The number of nitrogens with one attached hydrogen (secondary N) is 1. The van der Waals surface area contributed by atoms with E-state index in [1.54, 1.807) is 11.3 Å². The van der Waals surface area contributed by atoms with Crippen LogP contribution in [0.1, 0.15) is 16.0 Å². The highest BCUT2D eigenvalue weighted by atomic mass is 79.9. The minimum absolute atomic E-state index is 0.889. The first-order valence-electron chi connectivity index (χ1n) is 5.20. The van der Waals surface area contributed by atoms with Crippen molar-refractivity contribution in [2.24, 2.45) is 0 Å². The number of hydrogen-bond donors (Lipinski definition) is 1. The lowest BCUT2D eigenvalue weighted by Gasteiger charge is -2.09. The Labute approximate surface area is 109 Å². The maximum atomic E-state index is 3.48. The van der Waals surface area contributed by atoms with Crippen LogP contribution in [-0.2, 0) is 6.54 Å². The van der Waals surface area contributed by atoms with Gasteiger partial charge in [0.1, 0.15) is 0 Å². The molecule has 0 bridgehead atoms. The summed E-state index contributed by atoms with van der Waals surface area (Å²) in [5.41, 5.74) is 3.81. The summed E-state index contributed by atoms with van der Waals surface area (Å²) in [5.74, 6) is 0. The second-order valence-corrected chi connectivity index (χ2v) is 6.43. The lowest BCUT2D eigenvalue weighted by atomic mass is 10.1. The smallest absolute Gasteiger partial charge is 0.0702 e. The predicted molar refractivity (Wildman–Crippen MR) is 75.3 cm³/mol. The van der Waals surface area contributed by atoms with Gasteiger partial charge in [0.25, 0.3) is 0 Å². The van der Waals surface area contributed by atoms with E-state index < -0.39 is 0 Å². The summed E-state index contributed by atoms with van der Waals surface area (Å²) in [6, 6.07) is 10.7. The van der Waals surface area contributed by atoms with E-state index in [1.807, 2.05) is 0 Å². The lowest BCUT2D eigenvalue weighted by molar-refractivity contribution is 1.17. The molecule has 84 valence electrons. The van der Waals surface area contributed by atoms with Crippen molar-refractivity contribution in [3.8, 4) is 0 Å². The fourth-order valence-electron chi connectivity index (χ4n) is 1.56. The van der Waals surface area contributed by atoms with E-state index in [4.69, 9.17) is 0 Å². The van der Waals surface area contributed by atoms with Crippen LogP contribution >= 0.6 is 27.3 Å². The van der Waals surface area contributed by atoms with Crippen LogP contribution in [0.4, 0.5) is 5.69 Å². The second-order valence-electron chi connectivity index (χ2n) is 3.88. The van der Waals surface area contributed by atoms with Crippen molar-refractivity contribution in [3.63, 3.8) is 0 Å². The topological polar surface area (TPSA) is 12.0 Å². The molecule has 0 amide bonds. The summed E-state index contributed by atoms with van der Waals surface area (Å²) in [7, 11) is 0. The molecular formula is C13H14BrNS. The standard InChI is InChI=1S/C13H14BrNS/c1-9-3-4-10(2)12(7-9)15-8-11-5-6-13(14)16-11/h3-7,15H,8H2,1-2H3. The first kappa shape index (κ1) is 11.7. The zero-order chi connectivity index (χ0) is 11.5. The van der Waals surface area contributed by atoms with Crippen LogP contribution in [0.5, 0.6) is 0 Å². The summed E-state index contributed by atoms with van der Waals surface area (Å²) >= 11 is 5.25. The zero-order valence-electron chi connectivity index (χ0n) is 9.38. The summed E-state index contributed by atoms with van der Waals surface area (Å²) < 4.78 is 1.19. The van der Waals surface area contributed by atoms with Gasteiger partial charge in [0, 0.05) is 17.1 Å². The maximum absolute atomic E-state index is 3.48. The number of thiophene rings is 1. The first-order chi connectivity index (χ1) is 7.65. The van der Waals surface area contributed by atoms with E-state index in [-0.39, 0.29) is 0 Å². The van der Waals surface area contributed by atoms with Crippen LogP contribution in [0.2, 0.25) is 0 Å². The van der Waals surface area contributed by atoms with E-state index in [1.165, 1.54) is 25.5 Å². The Hall–Kier alpha value is -0.800. The number of anilines is 1. The number of benzene rings is 1. The number of hydrogen-bond acceptors (Lipinski definition) is 2. The van der Waals surface area contributed by atoms with Crippen LogP contribution in [-0.4, -0.2) is 0 Å².